The van der Waals surface area contributed by atoms with Crippen LogP contribution in [0.25, 0.3) is 10.9 Å². The van der Waals surface area contributed by atoms with Gasteiger partial charge < -0.3 is 16.0 Å². The number of hydrogen-bond acceptors (Lipinski definition) is 2. The maximum absolute atomic E-state index is 6.55. The Morgan fingerprint density at radius 2 is 2.05 bits per heavy atom. The molecule has 3 nitrogen and oxygen atoms in total. The van der Waals surface area contributed by atoms with Crippen molar-refractivity contribution in [2.75, 3.05) is 0 Å². The number of aromatic amines is 1. The second-order valence-corrected chi connectivity index (χ2v) is 7.26. The molecule has 2 heterocycles. The minimum Gasteiger partial charge on any atom is -0.361 e. The van der Waals surface area contributed by atoms with E-state index in [0.29, 0.717) is 12.1 Å². The van der Waals surface area contributed by atoms with Gasteiger partial charge in [0.1, 0.15) is 0 Å². The largest absolute Gasteiger partial charge is 0.361 e. The summed E-state index contributed by atoms with van der Waals surface area (Å²) in [5.74, 6) is 0.751. The van der Waals surface area contributed by atoms with Crippen LogP contribution in [0.1, 0.15) is 45.1 Å². The molecule has 0 spiro atoms. The van der Waals surface area contributed by atoms with Gasteiger partial charge in [-0.3, -0.25) is 0 Å². The highest BCUT2D eigenvalue weighted by Crippen LogP contribution is 2.23. The number of rotatable bonds is 5. The van der Waals surface area contributed by atoms with Gasteiger partial charge in [0.05, 0.1) is 0 Å². The van der Waals surface area contributed by atoms with Crippen molar-refractivity contribution < 1.29 is 0 Å². The normalized spacial score (nSPS) is 24.0. The van der Waals surface area contributed by atoms with Crippen molar-refractivity contribution in [1.29, 1.82) is 0 Å². The molecule has 1 aliphatic heterocycles. The fourth-order valence-electron chi connectivity index (χ4n) is 3.84. The van der Waals surface area contributed by atoms with Crippen molar-refractivity contribution in [3.05, 3.63) is 36.0 Å². The lowest BCUT2D eigenvalue weighted by Gasteiger charge is -2.35. The second kappa shape index (κ2) is 6.84. The van der Waals surface area contributed by atoms with Crippen LogP contribution in [0.5, 0.6) is 0 Å². The topological polar surface area (TPSA) is 53.8 Å². The summed E-state index contributed by atoms with van der Waals surface area (Å²) in [6.07, 6.45) is 8.13. The number of fused-ring (bicyclic) bond motifs is 1. The number of nitrogens with one attached hydrogen (secondary N) is 2. The Balaban J connectivity index is 1.65. The number of aromatic nitrogens is 1. The predicted molar refractivity (Wildman–Crippen MR) is 94.0 cm³/mol. The summed E-state index contributed by atoms with van der Waals surface area (Å²) >= 11 is 0. The van der Waals surface area contributed by atoms with E-state index in [1.807, 2.05) is 0 Å². The molecule has 0 aliphatic carbocycles. The number of piperidine rings is 1. The lowest BCUT2D eigenvalue weighted by Crippen LogP contribution is -2.52. The molecule has 0 saturated carbocycles. The summed E-state index contributed by atoms with van der Waals surface area (Å²) < 4.78 is 0. The van der Waals surface area contributed by atoms with Gasteiger partial charge in [-0.15, -0.1) is 0 Å². The third-order valence-electron chi connectivity index (χ3n) is 4.92. The molecule has 2 aromatic rings. The van der Waals surface area contributed by atoms with E-state index in [2.05, 4.69) is 54.6 Å². The molecule has 3 atom stereocenters. The highest BCUT2D eigenvalue weighted by molar-refractivity contribution is 5.83. The molecule has 1 saturated heterocycles. The molecule has 0 unspecified atom stereocenters. The average Bonchev–Trinajstić information content (AvgIpc) is 2.90. The second-order valence-electron chi connectivity index (χ2n) is 7.26. The summed E-state index contributed by atoms with van der Waals surface area (Å²) in [5.41, 5.74) is 9.10. The molecular weight excluding hydrogens is 270 g/mol. The minimum absolute atomic E-state index is 0.189. The van der Waals surface area contributed by atoms with Crippen molar-refractivity contribution in [1.82, 2.24) is 10.3 Å². The average molecular weight is 299 g/mol. The molecule has 1 aliphatic rings. The first-order chi connectivity index (χ1) is 10.6. The summed E-state index contributed by atoms with van der Waals surface area (Å²) in [6, 6.07) is 9.77. The molecular formula is C19H29N3. The standard InChI is InChI=1S/C19H29N3/c1-13(2)10-15-6-5-9-19(22-15)17(20)11-14-12-21-18-8-4-3-7-16(14)18/h3-4,7-8,12-13,15,17,19,21-22H,5-6,9-11,20H2,1-2H3/t15-,17-,19+/m1/s1. The van der Waals surface area contributed by atoms with E-state index in [1.54, 1.807) is 0 Å². The highest BCUT2D eigenvalue weighted by Gasteiger charge is 2.26. The van der Waals surface area contributed by atoms with Crippen LogP contribution < -0.4 is 11.1 Å². The van der Waals surface area contributed by atoms with Gasteiger partial charge in [-0.25, -0.2) is 0 Å². The van der Waals surface area contributed by atoms with E-state index in [1.165, 1.54) is 42.1 Å². The maximum Gasteiger partial charge on any atom is 0.0456 e. The van der Waals surface area contributed by atoms with Crippen molar-refractivity contribution in [3.63, 3.8) is 0 Å². The fraction of sp³-hybridized carbons (Fsp3) is 0.579. The SMILES string of the molecule is CC(C)C[C@H]1CCC[C@@H]([C@H](N)Cc2c[nH]c3ccccc23)N1. The first kappa shape index (κ1) is 15.6. The van der Waals surface area contributed by atoms with E-state index in [0.717, 1.165) is 12.3 Å². The zero-order valence-corrected chi connectivity index (χ0v) is 13.8. The molecule has 1 aromatic carbocycles. The Kier molecular flexibility index (Phi) is 4.84. The molecule has 1 aromatic heterocycles. The van der Waals surface area contributed by atoms with Gasteiger partial charge in [0.15, 0.2) is 0 Å². The molecule has 1 fully saturated rings. The minimum atomic E-state index is 0.189. The van der Waals surface area contributed by atoms with Crippen LogP contribution in [-0.4, -0.2) is 23.1 Å². The quantitative estimate of drug-likeness (QED) is 0.790. The number of nitrogens with two attached hydrogens (primary N) is 1. The summed E-state index contributed by atoms with van der Waals surface area (Å²) in [6.45, 7) is 4.61. The van der Waals surface area contributed by atoms with Crippen LogP contribution >= 0.6 is 0 Å². The highest BCUT2D eigenvalue weighted by atomic mass is 15.0. The van der Waals surface area contributed by atoms with Gasteiger partial charge in [-0.1, -0.05) is 38.5 Å². The first-order valence-electron chi connectivity index (χ1n) is 8.70. The van der Waals surface area contributed by atoms with E-state index >= 15 is 0 Å². The summed E-state index contributed by atoms with van der Waals surface area (Å²) in [4.78, 5) is 3.36. The molecule has 0 amide bonds. The van der Waals surface area contributed by atoms with Crippen molar-refractivity contribution in [3.8, 4) is 0 Å². The molecule has 3 heteroatoms. The molecule has 3 rings (SSSR count). The Bertz CT molecular complexity index is 602. The Labute approximate surface area is 133 Å². The number of hydrogen-bond donors (Lipinski definition) is 3. The van der Waals surface area contributed by atoms with Crippen LogP contribution in [0.15, 0.2) is 30.5 Å². The summed E-state index contributed by atoms with van der Waals surface area (Å²) in [5, 5.41) is 5.12. The van der Waals surface area contributed by atoms with Gasteiger partial charge in [-0.2, -0.15) is 0 Å². The van der Waals surface area contributed by atoms with E-state index in [9.17, 15) is 0 Å². The van der Waals surface area contributed by atoms with E-state index in [4.69, 9.17) is 5.73 Å². The summed E-state index contributed by atoms with van der Waals surface area (Å²) in [7, 11) is 0. The molecule has 22 heavy (non-hydrogen) atoms. The third kappa shape index (κ3) is 3.53. The molecule has 0 bridgehead atoms. The zero-order valence-electron chi connectivity index (χ0n) is 13.8. The Morgan fingerprint density at radius 1 is 1.23 bits per heavy atom. The zero-order chi connectivity index (χ0) is 15.5. The third-order valence-corrected chi connectivity index (χ3v) is 4.92. The van der Waals surface area contributed by atoms with Gasteiger partial charge in [0, 0.05) is 35.2 Å². The Morgan fingerprint density at radius 3 is 2.86 bits per heavy atom. The van der Waals surface area contributed by atoms with Crippen molar-refractivity contribution >= 4 is 10.9 Å². The van der Waals surface area contributed by atoms with Crippen LogP contribution in [0.4, 0.5) is 0 Å². The number of para-hydroxylation sites is 1. The Hall–Kier alpha value is -1.32. The molecule has 120 valence electrons. The van der Waals surface area contributed by atoms with Crippen LogP contribution in [-0.2, 0) is 6.42 Å². The monoisotopic (exact) mass is 299 g/mol. The smallest absolute Gasteiger partial charge is 0.0456 e. The number of H-pyrrole nitrogens is 1. The molecule has 0 radical (unpaired) electrons. The van der Waals surface area contributed by atoms with Crippen LogP contribution in [0.2, 0.25) is 0 Å². The van der Waals surface area contributed by atoms with Crippen molar-refractivity contribution in [2.45, 2.75) is 64.1 Å². The lowest BCUT2D eigenvalue weighted by atomic mass is 9.88. The van der Waals surface area contributed by atoms with Gasteiger partial charge in [0.2, 0.25) is 0 Å². The van der Waals surface area contributed by atoms with Crippen LogP contribution in [0, 0.1) is 5.92 Å². The van der Waals surface area contributed by atoms with Gasteiger partial charge in [-0.05, 0) is 43.2 Å². The first-order valence-corrected chi connectivity index (χ1v) is 8.70. The van der Waals surface area contributed by atoms with Crippen LogP contribution in [0.3, 0.4) is 0 Å². The maximum atomic E-state index is 6.55. The number of benzene rings is 1. The van der Waals surface area contributed by atoms with E-state index in [-0.39, 0.29) is 6.04 Å². The lowest BCUT2D eigenvalue weighted by molar-refractivity contribution is 0.260. The van der Waals surface area contributed by atoms with Crippen molar-refractivity contribution in [2.24, 2.45) is 11.7 Å². The molecule has 4 N–H and O–H groups in total. The van der Waals surface area contributed by atoms with Gasteiger partial charge in [0.25, 0.3) is 0 Å². The van der Waals surface area contributed by atoms with E-state index < -0.39 is 0 Å². The fourth-order valence-corrected chi connectivity index (χ4v) is 3.84. The van der Waals surface area contributed by atoms with Gasteiger partial charge >= 0.3 is 0 Å². The predicted octanol–water partition coefficient (Wildman–Crippen LogP) is 3.59.